The predicted molar refractivity (Wildman–Crippen MR) is 127 cm³/mol. The van der Waals surface area contributed by atoms with E-state index >= 15 is 0 Å². The third-order valence-electron chi connectivity index (χ3n) is 5.89. The van der Waals surface area contributed by atoms with E-state index in [1.807, 2.05) is 54.7 Å². The Balaban J connectivity index is 1.17. The van der Waals surface area contributed by atoms with Crippen LogP contribution in [-0.2, 0) is 13.0 Å². The zero-order chi connectivity index (χ0) is 21.2. The van der Waals surface area contributed by atoms with Crippen LogP contribution in [0.4, 0.5) is 5.69 Å². The van der Waals surface area contributed by atoms with Crippen molar-refractivity contribution < 1.29 is 4.79 Å². The average Bonchev–Trinajstić information content (AvgIpc) is 3.22. The van der Waals surface area contributed by atoms with Crippen molar-refractivity contribution in [3.63, 3.8) is 0 Å². The second kappa shape index (κ2) is 8.25. The average molecular weight is 408 g/mol. The van der Waals surface area contributed by atoms with Crippen LogP contribution in [0.15, 0.2) is 84.6 Å². The van der Waals surface area contributed by atoms with Gasteiger partial charge in [-0.2, -0.15) is 0 Å². The number of Topliss-reactive ketones (excluding diaryl/α,β-unsaturated/α-hetero) is 1. The van der Waals surface area contributed by atoms with E-state index in [0.717, 1.165) is 36.3 Å². The fraction of sp³-hybridized carbons (Fsp3) is 0.148. The second-order valence-electron chi connectivity index (χ2n) is 8.27. The van der Waals surface area contributed by atoms with Crippen LogP contribution in [0.25, 0.3) is 17.0 Å². The van der Waals surface area contributed by atoms with E-state index in [4.69, 9.17) is 5.73 Å². The molecule has 0 bridgehead atoms. The lowest BCUT2D eigenvalue weighted by atomic mass is 9.99. The quantitative estimate of drug-likeness (QED) is 0.346. The van der Waals surface area contributed by atoms with Crippen LogP contribution >= 0.6 is 0 Å². The Morgan fingerprint density at radius 2 is 1.81 bits per heavy atom. The van der Waals surface area contributed by atoms with E-state index in [1.165, 1.54) is 22.0 Å². The van der Waals surface area contributed by atoms with Gasteiger partial charge in [0.2, 0.25) is 0 Å². The molecule has 4 aromatic rings. The van der Waals surface area contributed by atoms with E-state index in [2.05, 4.69) is 40.2 Å². The molecule has 0 unspecified atom stereocenters. The number of nitrogens with two attached hydrogens (primary N) is 1. The first-order valence-corrected chi connectivity index (χ1v) is 10.6. The summed E-state index contributed by atoms with van der Waals surface area (Å²) in [6, 6.07) is 24.1. The minimum Gasteiger partial charge on any atom is -0.398 e. The van der Waals surface area contributed by atoms with Gasteiger partial charge in [-0.05, 0) is 45.8 Å². The Morgan fingerprint density at radius 3 is 2.61 bits per heavy atom. The summed E-state index contributed by atoms with van der Waals surface area (Å²) in [7, 11) is 0. The standard InChI is InChI=1S/C27H25N3O/c28-25-4-2-1-3-24(25)15-27(31)23-9-5-19(6-10-23)13-21-17-30(18-21)16-20-7-8-22-11-12-29-26(22)14-20/h1-14,29H,15-18,28H2. The van der Waals surface area contributed by atoms with Crippen molar-refractivity contribution >= 4 is 28.4 Å². The molecule has 154 valence electrons. The summed E-state index contributed by atoms with van der Waals surface area (Å²) in [5, 5.41) is 1.25. The molecule has 1 saturated heterocycles. The number of para-hydroxylation sites is 1. The molecule has 0 radical (unpaired) electrons. The number of H-pyrrole nitrogens is 1. The van der Waals surface area contributed by atoms with Gasteiger partial charge in [-0.25, -0.2) is 0 Å². The molecule has 1 aliphatic rings. The number of ketones is 1. The third kappa shape index (κ3) is 4.30. The van der Waals surface area contributed by atoms with Crippen LogP contribution in [0.1, 0.15) is 27.0 Å². The molecule has 1 fully saturated rings. The van der Waals surface area contributed by atoms with E-state index in [-0.39, 0.29) is 5.78 Å². The molecule has 1 aromatic heterocycles. The molecule has 3 aromatic carbocycles. The van der Waals surface area contributed by atoms with Crippen molar-refractivity contribution in [1.82, 2.24) is 9.88 Å². The van der Waals surface area contributed by atoms with Crippen molar-refractivity contribution in [3.8, 4) is 0 Å². The first-order valence-electron chi connectivity index (χ1n) is 10.6. The zero-order valence-corrected chi connectivity index (χ0v) is 17.3. The molecule has 0 amide bonds. The third-order valence-corrected chi connectivity index (χ3v) is 5.89. The monoisotopic (exact) mass is 407 g/mol. The highest BCUT2D eigenvalue weighted by atomic mass is 16.1. The van der Waals surface area contributed by atoms with Crippen LogP contribution in [0.5, 0.6) is 0 Å². The van der Waals surface area contributed by atoms with Gasteiger partial charge in [0.1, 0.15) is 0 Å². The minimum atomic E-state index is 0.0889. The summed E-state index contributed by atoms with van der Waals surface area (Å²) in [5.41, 5.74) is 13.3. The Hall–Kier alpha value is -3.63. The summed E-state index contributed by atoms with van der Waals surface area (Å²) < 4.78 is 0. The molecule has 4 heteroatoms. The number of carbonyl (C=O) groups is 1. The Morgan fingerprint density at radius 1 is 1.00 bits per heavy atom. The van der Waals surface area contributed by atoms with Gasteiger partial charge in [-0.15, -0.1) is 0 Å². The topological polar surface area (TPSA) is 62.1 Å². The number of anilines is 1. The van der Waals surface area contributed by atoms with Gasteiger partial charge in [0.15, 0.2) is 5.78 Å². The first-order chi connectivity index (χ1) is 15.1. The fourth-order valence-electron chi connectivity index (χ4n) is 4.15. The van der Waals surface area contributed by atoms with Gasteiger partial charge in [0.25, 0.3) is 0 Å². The number of benzene rings is 3. The maximum atomic E-state index is 12.6. The lowest BCUT2D eigenvalue weighted by Crippen LogP contribution is -2.39. The number of nitrogen functional groups attached to an aromatic ring is 1. The highest BCUT2D eigenvalue weighted by Crippen LogP contribution is 2.23. The largest absolute Gasteiger partial charge is 0.398 e. The molecular weight excluding hydrogens is 382 g/mol. The lowest BCUT2D eigenvalue weighted by Gasteiger charge is -2.34. The van der Waals surface area contributed by atoms with E-state index in [9.17, 15) is 4.79 Å². The first kappa shape index (κ1) is 19.3. The normalized spacial score (nSPS) is 13.9. The number of hydrogen-bond donors (Lipinski definition) is 2. The summed E-state index contributed by atoms with van der Waals surface area (Å²) in [5.74, 6) is 0.0889. The van der Waals surface area contributed by atoms with Gasteiger partial charge < -0.3 is 10.7 Å². The Bertz CT molecular complexity index is 1260. The maximum Gasteiger partial charge on any atom is 0.167 e. The molecule has 0 aliphatic carbocycles. The van der Waals surface area contributed by atoms with Crippen LogP contribution < -0.4 is 5.73 Å². The number of carbonyl (C=O) groups excluding carboxylic acids is 1. The smallest absolute Gasteiger partial charge is 0.167 e. The van der Waals surface area contributed by atoms with Crippen molar-refractivity contribution in [2.24, 2.45) is 0 Å². The van der Waals surface area contributed by atoms with E-state index in [1.54, 1.807) is 0 Å². The van der Waals surface area contributed by atoms with Crippen LogP contribution in [0, 0.1) is 0 Å². The number of likely N-dealkylation sites (tertiary alicyclic amines) is 1. The van der Waals surface area contributed by atoms with E-state index < -0.39 is 0 Å². The summed E-state index contributed by atoms with van der Waals surface area (Å²) in [4.78, 5) is 18.3. The number of nitrogens with zero attached hydrogens (tertiary/aromatic N) is 1. The van der Waals surface area contributed by atoms with Gasteiger partial charge in [-0.3, -0.25) is 9.69 Å². The summed E-state index contributed by atoms with van der Waals surface area (Å²) >= 11 is 0. The molecule has 5 rings (SSSR count). The molecule has 2 heterocycles. The molecule has 0 atom stereocenters. The number of rotatable bonds is 6. The van der Waals surface area contributed by atoms with Crippen LogP contribution in [0.2, 0.25) is 0 Å². The number of hydrogen-bond acceptors (Lipinski definition) is 3. The number of aromatic amines is 1. The molecule has 3 N–H and O–H groups in total. The lowest BCUT2D eigenvalue weighted by molar-refractivity contribution is 0.0993. The molecule has 4 nitrogen and oxygen atoms in total. The van der Waals surface area contributed by atoms with Crippen molar-refractivity contribution in [2.75, 3.05) is 18.8 Å². The predicted octanol–water partition coefficient (Wildman–Crippen LogP) is 5.07. The minimum absolute atomic E-state index is 0.0889. The summed E-state index contributed by atoms with van der Waals surface area (Å²) in [6.07, 6.45) is 4.54. The van der Waals surface area contributed by atoms with E-state index in [0.29, 0.717) is 12.1 Å². The van der Waals surface area contributed by atoms with Crippen LogP contribution in [0.3, 0.4) is 0 Å². The molecule has 31 heavy (non-hydrogen) atoms. The van der Waals surface area contributed by atoms with Gasteiger partial charge in [-0.1, -0.05) is 60.7 Å². The van der Waals surface area contributed by atoms with Crippen molar-refractivity contribution in [1.29, 1.82) is 0 Å². The summed E-state index contributed by atoms with van der Waals surface area (Å²) in [6.45, 7) is 2.93. The highest BCUT2D eigenvalue weighted by molar-refractivity contribution is 5.98. The van der Waals surface area contributed by atoms with Gasteiger partial charge in [0.05, 0.1) is 0 Å². The Labute approximate surface area is 182 Å². The molecule has 1 aliphatic heterocycles. The number of fused-ring (bicyclic) bond motifs is 1. The SMILES string of the molecule is Nc1ccccc1CC(=O)c1ccc(C=C2CN(Cc3ccc4cc[nH]c4c3)C2)cc1. The Kier molecular flexibility index (Phi) is 5.14. The van der Waals surface area contributed by atoms with Crippen LogP contribution in [-0.4, -0.2) is 28.8 Å². The van der Waals surface area contributed by atoms with Crippen molar-refractivity contribution in [2.45, 2.75) is 13.0 Å². The van der Waals surface area contributed by atoms with Gasteiger partial charge >= 0.3 is 0 Å². The number of aromatic nitrogens is 1. The molecule has 0 saturated carbocycles. The zero-order valence-electron chi connectivity index (χ0n) is 17.3. The number of nitrogens with one attached hydrogen (secondary N) is 1. The molecule has 0 spiro atoms. The second-order valence-corrected chi connectivity index (χ2v) is 8.27. The maximum absolute atomic E-state index is 12.6. The highest BCUT2D eigenvalue weighted by Gasteiger charge is 2.20. The van der Waals surface area contributed by atoms with Gasteiger partial charge in [0, 0.05) is 49.0 Å². The van der Waals surface area contributed by atoms with Crippen molar-refractivity contribution in [3.05, 3.63) is 107 Å². The fourth-order valence-corrected chi connectivity index (χ4v) is 4.15. The molecular formula is C27H25N3O.